The smallest absolute Gasteiger partial charge is 0.243 e. The van der Waals surface area contributed by atoms with Gasteiger partial charge in [0.05, 0.1) is 80.2 Å². The minimum absolute atomic E-state index is 0.00607. The van der Waals surface area contributed by atoms with Gasteiger partial charge < -0.3 is 69.0 Å². The molecule has 19 heteroatoms. The summed E-state index contributed by atoms with van der Waals surface area (Å²) in [6.07, 6.45) is 2.08. The molecule has 5 N–H and O–H groups in total. The van der Waals surface area contributed by atoms with Crippen LogP contribution in [0.15, 0.2) is 54.6 Å². The number of carbonyl (C=O) groups is 5. The Balaban J connectivity index is 0.802. The largest absolute Gasteiger partial charge is 0.391 e. The molecule has 1 aromatic rings. The van der Waals surface area contributed by atoms with Gasteiger partial charge in [0, 0.05) is 70.9 Å². The number of hydrogen-bond donors (Lipinski definition) is 5. The number of hydrogen-bond acceptors (Lipinski definition) is 15. The van der Waals surface area contributed by atoms with Crippen molar-refractivity contribution in [3.8, 4) is 0 Å². The average Bonchev–Trinajstić information content (AvgIpc) is 4.13. The normalized spacial score (nSPS) is 39.9. The number of amides is 4. The molecule has 10 fully saturated rings. The molecule has 10 aliphatic rings. The van der Waals surface area contributed by atoms with Gasteiger partial charge in [-0.05, 0) is 67.6 Å². The molecule has 12 bridgehead atoms. The topological polar surface area (TPSA) is 237 Å². The fourth-order valence-electron chi connectivity index (χ4n) is 13.5. The zero-order valence-corrected chi connectivity index (χ0v) is 43.7. The highest BCUT2D eigenvalue weighted by Gasteiger charge is 2.69. The first-order valence-corrected chi connectivity index (χ1v) is 27.7. The summed E-state index contributed by atoms with van der Waals surface area (Å²) in [6, 6.07) is 8.08. The number of ketones is 1. The molecule has 3 unspecified atom stereocenters. The Bertz CT molecular complexity index is 2270. The van der Waals surface area contributed by atoms with Gasteiger partial charge in [-0.25, -0.2) is 0 Å². The Morgan fingerprint density at radius 2 is 1.48 bits per heavy atom. The van der Waals surface area contributed by atoms with Crippen molar-refractivity contribution in [3.05, 3.63) is 60.2 Å². The third-order valence-electron chi connectivity index (χ3n) is 17.4. The van der Waals surface area contributed by atoms with Crippen LogP contribution in [0.3, 0.4) is 0 Å². The first-order chi connectivity index (χ1) is 36.1. The van der Waals surface area contributed by atoms with E-state index in [9.17, 15) is 29.1 Å². The van der Waals surface area contributed by atoms with Gasteiger partial charge in [-0.3, -0.25) is 24.0 Å². The van der Waals surface area contributed by atoms with Crippen LogP contribution in [-0.2, 0) is 73.0 Å². The molecule has 19 nitrogen and oxygen atoms in total. The number of Topliss-reactive ketones (excluding diaryl/α,β-unsaturated/α-hetero) is 1. The Labute approximate surface area is 439 Å². The van der Waals surface area contributed by atoms with Crippen LogP contribution in [0.1, 0.15) is 109 Å². The molecule has 0 aliphatic carbocycles. The summed E-state index contributed by atoms with van der Waals surface area (Å²) >= 11 is 0. The highest BCUT2D eigenvalue weighted by Crippen LogP contribution is 2.54. The quantitative estimate of drug-likeness (QED) is 0.169. The Hall–Kier alpha value is -4.15. The average molecular weight is 1050 g/mol. The van der Waals surface area contributed by atoms with Crippen LogP contribution in [0.5, 0.6) is 0 Å². The van der Waals surface area contributed by atoms with Crippen molar-refractivity contribution in [3.63, 3.8) is 0 Å². The summed E-state index contributed by atoms with van der Waals surface area (Å²) in [5.41, 5.74) is 2.85. The molecule has 4 amide bonds. The third kappa shape index (κ3) is 12.3. The number of carbonyl (C=O) groups excluding carboxylic acids is 5. The predicted molar refractivity (Wildman–Crippen MR) is 269 cm³/mol. The van der Waals surface area contributed by atoms with E-state index < -0.39 is 78.6 Å². The van der Waals surface area contributed by atoms with Gasteiger partial charge in [0.25, 0.3) is 0 Å². The molecular formula is C56H78N4O15. The number of rotatable bonds is 14. The molecular weight excluding hydrogens is 969 g/mol. The van der Waals surface area contributed by atoms with Crippen LogP contribution >= 0.6 is 0 Å². The minimum atomic E-state index is -1.08. The highest BCUT2D eigenvalue weighted by atomic mass is 16.8. The van der Waals surface area contributed by atoms with Crippen molar-refractivity contribution >= 4 is 29.4 Å². The first kappa shape index (κ1) is 54.2. The summed E-state index contributed by atoms with van der Waals surface area (Å²) in [5.74, 6) is -3.07. The summed E-state index contributed by atoms with van der Waals surface area (Å²) in [7, 11) is 1.59. The van der Waals surface area contributed by atoms with E-state index in [1.165, 1.54) is 0 Å². The van der Waals surface area contributed by atoms with Crippen LogP contribution in [0.2, 0.25) is 0 Å². The number of aliphatic hydroxyl groups is 1. The lowest BCUT2D eigenvalue weighted by molar-refractivity contribution is -0.292. The molecule has 11 rings (SSSR count). The van der Waals surface area contributed by atoms with Crippen LogP contribution in [0, 0.1) is 11.8 Å². The van der Waals surface area contributed by atoms with Crippen molar-refractivity contribution in [1.82, 2.24) is 21.3 Å². The summed E-state index contributed by atoms with van der Waals surface area (Å²) in [6.45, 7) is 11.9. The molecule has 1 spiro atoms. The van der Waals surface area contributed by atoms with Crippen molar-refractivity contribution in [2.75, 3.05) is 26.7 Å². The van der Waals surface area contributed by atoms with Crippen LogP contribution in [-0.4, -0.2) is 171 Å². The number of fused-ring (bicyclic) bond motifs is 6. The molecule has 0 saturated carbocycles. The van der Waals surface area contributed by atoms with Crippen molar-refractivity contribution in [2.45, 2.75) is 220 Å². The van der Waals surface area contributed by atoms with Crippen LogP contribution < -0.4 is 21.3 Å². The van der Waals surface area contributed by atoms with E-state index in [2.05, 4.69) is 41.3 Å². The Morgan fingerprint density at radius 1 is 0.747 bits per heavy atom. The van der Waals surface area contributed by atoms with E-state index in [-0.39, 0.29) is 124 Å². The highest BCUT2D eigenvalue weighted by molar-refractivity contribution is 5.92. The molecule has 20 atom stereocenters. The minimum Gasteiger partial charge on any atom is -0.391 e. The zero-order valence-electron chi connectivity index (χ0n) is 43.7. The fourth-order valence-corrected chi connectivity index (χ4v) is 13.5. The molecule has 0 radical (unpaired) electrons. The van der Waals surface area contributed by atoms with Crippen molar-refractivity contribution in [2.24, 2.45) is 11.8 Å². The van der Waals surface area contributed by atoms with Gasteiger partial charge in [-0.2, -0.15) is 0 Å². The monoisotopic (exact) mass is 1050 g/mol. The summed E-state index contributed by atoms with van der Waals surface area (Å²) in [5, 5.41) is 21.9. The summed E-state index contributed by atoms with van der Waals surface area (Å²) < 4.78 is 60.6. The van der Waals surface area contributed by atoms with Gasteiger partial charge in [-0.15, -0.1) is 0 Å². The van der Waals surface area contributed by atoms with Gasteiger partial charge in [0.2, 0.25) is 23.6 Å². The number of aliphatic hydroxyl groups excluding tert-OH is 1. The van der Waals surface area contributed by atoms with Gasteiger partial charge in [0.15, 0.2) is 5.79 Å². The van der Waals surface area contributed by atoms with Crippen molar-refractivity contribution in [1.29, 1.82) is 0 Å². The molecule has 75 heavy (non-hydrogen) atoms. The van der Waals surface area contributed by atoms with Crippen LogP contribution in [0.25, 0.3) is 0 Å². The molecule has 0 aromatic heterocycles. The number of nitrogens with one attached hydrogen (secondary N) is 4. The predicted octanol–water partition coefficient (Wildman–Crippen LogP) is 2.97. The van der Waals surface area contributed by atoms with E-state index in [1.807, 2.05) is 30.3 Å². The maximum absolute atomic E-state index is 14.4. The molecule has 1 aromatic carbocycles. The third-order valence-corrected chi connectivity index (χ3v) is 17.4. The van der Waals surface area contributed by atoms with Gasteiger partial charge >= 0.3 is 0 Å². The number of methoxy groups -OCH3 is 1. The number of ether oxygens (including phenoxy) is 9. The van der Waals surface area contributed by atoms with Crippen molar-refractivity contribution < 1.29 is 71.7 Å². The lowest BCUT2D eigenvalue weighted by Crippen LogP contribution is -2.61. The Kier molecular flexibility index (Phi) is 16.9. The summed E-state index contributed by atoms with van der Waals surface area (Å²) in [4.78, 5) is 65.4. The lowest BCUT2D eigenvalue weighted by Gasteiger charge is -2.47. The standard InChI is InChI=1S/C56H78N4O15/c1-6-46(63)58-28-48(65)60-39(20-32-10-8-7-9-11-32)55(66)59-27-47(64)57-26-34(62)23-44-49(67-5)38-22-33(61)21-36-13-15-41-50(70-36)54-53-52(72-41)51-45(73-53)25-56(74-51,75-54)17-16-37-19-30(3)40(68-37)14-12-35-18-29(2)31(4)42(69-35)24-43(38)71-44/h7-11,29,34-45,49-54,62H,3-4,6,12-28H2,1-2,5H3,(H,57,64)(H,58,63)(H,59,66)(H,60,65)/t29-,34+,35+,36-,37+,38+,39+,40+,41+,42-,43+,44-,45?,49-,50+,51+,52?,53?,54+,56+/m1/s1. The SMILES string of the molecule is C=C1C[C@@H]2CC[C@@]34CC5OC6C(O[C@H]7CC[C@H](CC(=O)C[C@@H]8[C@@H](OC)[C@@H](C[C@H](O)CNC(=O)CNC(=O)[C@H](Cc9ccccc9)NC(=O)CNC(=O)CC)O[C@H]8C[C@H]8O[C@@H](CC[C@@H]1O2)C[C@@H](C)C8=C)O[C@@H]7[C@@H]6O3)[C@H]5O4. The molecule has 412 valence electrons. The van der Waals surface area contributed by atoms with E-state index >= 15 is 0 Å². The first-order valence-electron chi connectivity index (χ1n) is 27.7. The second kappa shape index (κ2) is 23.4. The second-order valence-electron chi connectivity index (χ2n) is 22.7. The molecule has 10 saturated heterocycles. The van der Waals surface area contributed by atoms with Gasteiger partial charge in [-0.1, -0.05) is 57.3 Å². The van der Waals surface area contributed by atoms with E-state index in [4.69, 9.17) is 42.6 Å². The second-order valence-corrected chi connectivity index (χ2v) is 22.7. The maximum atomic E-state index is 14.4. The van der Waals surface area contributed by atoms with E-state index in [0.29, 0.717) is 32.1 Å². The van der Waals surface area contributed by atoms with Gasteiger partial charge in [0.1, 0.15) is 42.3 Å². The zero-order chi connectivity index (χ0) is 52.5. The Morgan fingerprint density at radius 3 is 2.28 bits per heavy atom. The number of benzene rings is 1. The van der Waals surface area contributed by atoms with Crippen LogP contribution in [0.4, 0.5) is 0 Å². The van der Waals surface area contributed by atoms with E-state index in [1.54, 1.807) is 14.0 Å². The maximum Gasteiger partial charge on any atom is 0.243 e. The molecule has 10 aliphatic heterocycles. The molecule has 10 heterocycles. The lowest BCUT2D eigenvalue weighted by atomic mass is 9.81. The fraction of sp³-hybridized carbons (Fsp3) is 0.732. The van der Waals surface area contributed by atoms with E-state index in [0.717, 1.165) is 48.8 Å².